The van der Waals surface area contributed by atoms with Crippen molar-refractivity contribution in [2.45, 2.75) is 20.0 Å². The molecule has 2 aromatic rings. The van der Waals surface area contributed by atoms with Crippen molar-refractivity contribution in [1.29, 1.82) is 0 Å². The molecule has 0 N–H and O–H groups in total. The van der Waals surface area contributed by atoms with Crippen LogP contribution in [0.1, 0.15) is 12.5 Å². The molecule has 1 aliphatic rings. The van der Waals surface area contributed by atoms with Crippen LogP contribution in [0.15, 0.2) is 41.1 Å². The zero-order valence-electron chi connectivity index (χ0n) is 10.3. The van der Waals surface area contributed by atoms with Crippen LogP contribution >= 0.6 is 0 Å². The lowest BCUT2D eigenvalue weighted by atomic mass is 10.2. The maximum absolute atomic E-state index is 5.95. The monoisotopic (exact) mass is 228 g/mol. The molecule has 0 amide bonds. The van der Waals surface area contributed by atoms with Crippen LogP contribution in [0.5, 0.6) is 0 Å². The number of rotatable bonds is 1. The fraction of sp³-hybridized carbons (Fsp3) is 0.286. The molecule has 0 aliphatic carbocycles. The summed E-state index contributed by atoms with van der Waals surface area (Å²) in [5, 5.41) is 1.19. The average molecular weight is 228 g/mol. The van der Waals surface area contributed by atoms with E-state index in [0.29, 0.717) is 6.17 Å². The maximum Gasteiger partial charge on any atom is 0.205 e. The molecule has 88 valence electrons. The first-order valence-corrected chi connectivity index (χ1v) is 5.85. The molecular weight excluding hydrogens is 212 g/mol. The van der Waals surface area contributed by atoms with Crippen molar-refractivity contribution in [2.24, 2.45) is 0 Å². The third-order valence-electron chi connectivity index (χ3n) is 3.51. The summed E-state index contributed by atoms with van der Waals surface area (Å²) < 4.78 is 5.95. The minimum absolute atomic E-state index is 0.300. The van der Waals surface area contributed by atoms with Crippen molar-refractivity contribution in [3.8, 4) is 0 Å². The van der Waals surface area contributed by atoms with Gasteiger partial charge in [0.2, 0.25) is 5.88 Å². The van der Waals surface area contributed by atoms with Gasteiger partial charge in [0.05, 0.1) is 0 Å². The Kier molecular flexibility index (Phi) is 2.15. The lowest BCUT2D eigenvalue weighted by Gasteiger charge is -2.25. The molecule has 0 unspecified atom stereocenters. The SMILES string of the molecule is Cc1c(N2C=CN(C)[C@@H]2C)oc2ccccc12. The molecule has 0 spiro atoms. The lowest BCUT2D eigenvalue weighted by molar-refractivity contribution is 0.373. The number of aryl methyl sites for hydroxylation is 1. The van der Waals surface area contributed by atoms with E-state index in [0.717, 1.165) is 11.5 Å². The first kappa shape index (κ1) is 10.3. The van der Waals surface area contributed by atoms with Crippen molar-refractivity contribution in [3.05, 3.63) is 42.2 Å². The lowest BCUT2D eigenvalue weighted by Crippen LogP contribution is -2.33. The number of nitrogens with zero attached hydrogens (tertiary/aromatic N) is 2. The van der Waals surface area contributed by atoms with Crippen molar-refractivity contribution in [2.75, 3.05) is 11.9 Å². The smallest absolute Gasteiger partial charge is 0.205 e. The highest BCUT2D eigenvalue weighted by Gasteiger charge is 2.25. The number of anilines is 1. The molecule has 0 fully saturated rings. The summed E-state index contributed by atoms with van der Waals surface area (Å²) in [6.07, 6.45) is 4.43. The van der Waals surface area contributed by atoms with Gasteiger partial charge in [0, 0.05) is 30.4 Å². The highest BCUT2D eigenvalue weighted by molar-refractivity contribution is 5.86. The van der Waals surface area contributed by atoms with E-state index >= 15 is 0 Å². The fourth-order valence-corrected chi connectivity index (χ4v) is 2.27. The summed E-state index contributed by atoms with van der Waals surface area (Å²) in [4.78, 5) is 4.32. The summed E-state index contributed by atoms with van der Waals surface area (Å²) >= 11 is 0. The van der Waals surface area contributed by atoms with Gasteiger partial charge in [-0.2, -0.15) is 0 Å². The predicted octanol–water partition coefficient (Wildman–Crippen LogP) is 3.31. The van der Waals surface area contributed by atoms with Gasteiger partial charge in [0.25, 0.3) is 0 Å². The van der Waals surface area contributed by atoms with Crippen LogP contribution in [0.3, 0.4) is 0 Å². The van der Waals surface area contributed by atoms with Gasteiger partial charge in [-0.05, 0) is 19.9 Å². The second kappa shape index (κ2) is 3.55. The molecule has 0 saturated heterocycles. The highest BCUT2D eigenvalue weighted by Crippen LogP contribution is 2.34. The molecule has 17 heavy (non-hydrogen) atoms. The van der Waals surface area contributed by atoms with Gasteiger partial charge in [0.15, 0.2) is 0 Å². The van der Waals surface area contributed by atoms with Crippen LogP contribution < -0.4 is 4.90 Å². The first-order valence-electron chi connectivity index (χ1n) is 5.85. The summed E-state index contributed by atoms with van der Waals surface area (Å²) in [5.41, 5.74) is 2.16. The largest absolute Gasteiger partial charge is 0.440 e. The summed E-state index contributed by atoms with van der Waals surface area (Å²) in [6.45, 7) is 4.27. The van der Waals surface area contributed by atoms with Crippen LogP contribution in [-0.4, -0.2) is 18.1 Å². The Morgan fingerprint density at radius 3 is 2.59 bits per heavy atom. The molecular formula is C14H16N2O. The van der Waals surface area contributed by atoms with E-state index in [1.54, 1.807) is 0 Å². The Hall–Kier alpha value is -1.90. The second-order valence-corrected chi connectivity index (χ2v) is 4.53. The first-order chi connectivity index (χ1) is 8.18. The molecule has 1 aliphatic heterocycles. The minimum Gasteiger partial charge on any atom is -0.440 e. The number of furan rings is 1. The van der Waals surface area contributed by atoms with E-state index in [1.165, 1.54) is 10.9 Å². The van der Waals surface area contributed by atoms with Crippen LogP contribution in [0.4, 0.5) is 5.88 Å². The van der Waals surface area contributed by atoms with Crippen molar-refractivity contribution >= 4 is 16.9 Å². The highest BCUT2D eigenvalue weighted by atomic mass is 16.4. The fourth-order valence-electron chi connectivity index (χ4n) is 2.27. The Morgan fingerprint density at radius 1 is 1.18 bits per heavy atom. The Bertz CT molecular complexity index is 585. The molecule has 0 saturated carbocycles. The molecule has 3 nitrogen and oxygen atoms in total. The predicted molar refractivity (Wildman–Crippen MR) is 69.8 cm³/mol. The quantitative estimate of drug-likeness (QED) is 0.746. The van der Waals surface area contributed by atoms with Crippen LogP contribution in [0.25, 0.3) is 11.0 Å². The van der Waals surface area contributed by atoms with E-state index < -0.39 is 0 Å². The number of benzene rings is 1. The van der Waals surface area contributed by atoms with Crippen LogP contribution in [0, 0.1) is 6.92 Å². The maximum atomic E-state index is 5.95. The molecule has 3 heteroatoms. The van der Waals surface area contributed by atoms with Crippen LogP contribution in [-0.2, 0) is 0 Å². The molecule has 2 heterocycles. The van der Waals surface area contributed by atoms with Gasteiger partial charge in [-0.15, -0.1) is 0 Å². The van der Waals surface area contributed by atoms with Gasteiger partial charge >= 0.3 is 0 Å². The van der Waals surface area contributed by atoms with Crippen molar-refractivity contribution in [1.82, 2.24) is 4.90 Å². The molecule has 3 rings (SSSR count). The molecule has 0 bridgehead atoms. The normalized spacial score (nSPS) is 19.6. The third kappa shape index (κ3) is 1.42. The van der Waals surface area contributed by atoms with Gasteiger partial charge in [-0.3, -0.25) is 4.90 Å². The number of fused-ring (bicyclic) bond motifs is 1. The molecule has 0 radical (unpaired) electrons. The Labute approximate surface area is 101 Å². The van der Waals surface area contributed by atoms with E-state index in [4.69, 9.17) is 4.42 Å². The molecule has 1 atom stereocenters. The zero-order valence-corrected chi connectivity index (χ0v) is 10.3. The minimum atomic E-state index is 0.300. The summed E-state index contributed by atoms with van der Waals surface area (Å²) in [7, 11) is 2.07. The number of hydrogen-bond donors (Lipinski definition) is 0. The summed E-state index contributed by atoms with van der Waals surface area (Å²) in [5.74, 6) is 0.944. The average Bonchev–Trinajstić information content (AvgIpc) is 2.83. The zero-order chi connectivity index (χ0) is 12.0. The topological polar surface area (TPSA) is 19.6 Å². The van der Waals surface area contributed by atoms with Gasteiger partial charge in [-0.25, -0.2) is 0 Å². The van der Waals surface area contributed by atoms with Gasteiger partial charge in [0.1, 0.15) is 11.7 Å². The van der Waals surface area contributed by atoms with E-state index in [-0.39, 0.29) is 0 Å². The van der Waals surface area contributed by atoms with E-state index in [9.17, 15) is 0 Å². The Balaban J connectivity index is 2.12. The van der Waals surface area contributed by atoms with Crippen LogP contribution in [0.2, 0.25) is 0 Å². The molecule has 1 aromatic carbocycles. The number of hydrogen-bond acceptors (Lipinski definition) is 3. The summed E-state index contributed by atoms with van der Waals surface area (Å²) in [6, 6.07) is 8.17. The third-order valence-corrected chi connectivity index (χ3v) is 3.51. The second-order valence-electron chi connectivity index (χ2n) is 4.53. The standard InChI is InChI=1S/C14H16N2O/c1-10-12-6-4-5-7-13(12)17-14(10)16-9-8-15(3)11(16)2/h4-9,11H,1-3H3/t11-/m0/s1. The van der Waals surface area contributed by atoms with E-state index in [2.05, 4.69) is 49.2 Å². The van der Waals surface area contributed by atoms with Gasteiger partial charge in [-0.1, -0.05) is 18.2 Å². The van der Waals surface area contributed by atoms with Gasteiger partial charge < -0.3 is 9.32 Å². The van der Waals surface area contributed by atoms with Crippen molar-refractivity contribution in [3.63, 3.8) is 0 Å². The molecule has 1 aromatic heterocycles. The van der Waals surface area contributed by atoms with Crippen molar-refractivity contribution < 1.29 is 4.42 Å². The Morgan fingerprint density at radius 2 is 1.94 bits per heavy atom. The van der Waals surface area contributed by atoms with E-state index in [1.807, 2.05) is 18.2 Å². The number of para-hydroxylation sites is 1.